The highest BCUT2D eigenvalue weighted by molar-refractivity contribution is 7.09. The van der Waals surface area contributed by atoms with Gasteiger partial charge in [0, 0.05) is 11.9 Å². The van der Waals surface area contributed by atoms with E-state index >= 15 is 0 Å². The molecule has 2 aromatic rings. The molecular weight excluding hydrogens is 324 g/mol. The minimum atomic E-state index is -1.12. The molecule has 24 heavy (non-hydrogen) atoms. The molecule has 128 valence electrons. The zero-order valence-corrected chi connectivity index (χ0v) is 14.7. The van der Waals surface area contributed by atoms with Crippen LogP contribution in [0.3, 0.4) is 0 Å². The monoisotopic (exact) mass is 346 g/mol. The summed E-state index contributed by atoms with van der Waals surface area (Å²) in [4.78, 5) is 28.5. The first kappa shape index (κ1) is 18.1. The van der Waals surface area contributed by atoms with Crippen molar-refractivity contribution in [1.29, 1.82) is 0 Å². The van der Waals surface area contributed by atoms with Gasteiger partial charge in [-0.2, -0.15) is 0 Å². The molecule has 1 atom stereocenters. The number of aliphatic carboxylic acids is 1. The van der Waals surface area contributed by atoms with Gasteiger partial charge in [0.15, 0.2) is 0 Å². The summed E-state index contributed by atoms with van der Waals surface area (Å²) in [6, 6.07) is 9.05. The summed E-state index contributed by atoms with van der Waals surface area (Å²) in [5.74, 6) is -1.14. The third-order valence-corrected chi connectivity index (χ3v) is 5.21. The number of nitrogens with one attached hydrogen (secondary N) is 1. The number of carbonyl (C=O) groups excluding carboxylic acids is 1. The van der Waals surface area contributed by atoms with Crippen LogP contribution in [-0.4, -0.2) is 28.5 Å². The average Bonchev–Trinajstić information content (AvgIpc) is 3.04. The molecule has 1 aromatic carbocycles. The number of aromatic nitrogens is 1. The van der Waals surface area contributed by atoms with Gasteiger partial charge in [0.25, 0.3) is 0 Å². The van der Waals surface area contributed by atoms with Gasteiger partial charge in [-0.15, -0.1) is 11.3 Å². The van der Waals surface area contributed by atoms with Crippen LogP contribution in [-0.2, 0) is 27.8 Å². The first-order valence-corrected chi connectivity index (χ1v) is 8.88. The second kappa shape index (κ2) is 8.06. The number of rotatable bonds is 8. The molecule has 0 saturated carbocycles. The van der Waals surface area contributed by atoms with Gasteiger partial charge in [0.2, 0.25) is 5.91 Å². The van der Waals surface area contributed by atoms with Crippen LogP contribution in [0.4, 0.5) is 0 Å². The van der Waals surface area contributed by atoms with E-state index in [4.69, 9.17) is 0 Å². The van der Waals surface area contributed by atoms with Gasteiger partial charge in [-0.25, -0.2) is 4.98 Å². The van der Waals surface area contributed by atoms with E-state index in [1.807, 2.05) is 37.4 Å². The number of amides is 1. The lowest BCUT2D eigenvalue weighted by Crippen LogP contribution is -2.46. The lowest BCUT2D eigenvalue weighted by Gasteiger charge is -2.29. The van der Waals surface area contributed by atoms with Gasteiger partial charge in [0.05, 0.1) is 17.1 Å². The van der Waals surface area contributed by atoms with E-state index in [0.717, 1.165) is 17.1 Å². The standard InChI is InChI=1S/C18H22N2O3S/c1-3-16-20-14(11-24-16)10-15(21)19-12-18(4-2,17(22)23)13-8-6-5-7-9-13/h5-9,11H,3-4,10,12H2,1-2H3,(H,19,21)(H,22,23). The predicted molar refractivity (Wildman–Crippen MR) is 94.3 cm³/mol. The maximum Gasteiger partial charge on any atom is 0.315 e. The van der Waals surface area contributed by atoms with Gasteiger partial charge >= 0.3 is 5.97 Å². The number of carboxylic acid groups (broad SMARTS) is 1. The highest BCUT2D eigenvalue weighted by Crippen LogP contribution is 2.27. The van der Waals surface area contributed by atoms with Gasteiger partial charge in [-0.1, -0.05) is 44.2 Å². The molecule has 1 unspecified atom stereocenters. The topological polar surface area (TPSA) is 79.3 Å². The molecule has 0 fully saturated rings. The van der Waals surface area contributed by atoms with Gasteiger partial charge in [-0.05, 0) is 18.4 Å². The van der Waals surface area contributed by atoms with Crippen molar-refractivity contribution >= 4 is 23.2 Å². The van der Waals surface area contributed by atoms with Crippen LogP contribution in [0.1, 0.15) is 36.5 Å². The summed E-state index contributed by atoms with van der Waals surface area (Å²) in [5.41, 5.74) is 0.307. The predicted octanol–water partition coefficient (Wildman–Crippen LogP) is 2.80. The Hall–Kier alpha value is -2.21. The van der Waals surface area contributed by atoms with Crippen LogP contribution in [0.25, 0.3) is 0 Å². The fraction of sp³-hybridized carbons (Fsp3) is 0.389. The van der Waals surface area contributed by atoms with Crippen molar-refractivity contribution in [3.63, 3.8) is 0 Å². The van der Waals surface area contributed by atoms with E-state index in [2.05, 4.69) is 10.3 Å². The molecule has 1 heterocycles. The van der Waals surface area contributed by atoms with Crippen molar-refractivity contribution in [2.75, 3.05) is 6.54 Å². The molecule has 0 saturated heterocycles. The van der Waals surface area contributed by atoms with Crippen LogP contribution in [0.5, 0.6) is 0 Å². The van der Waals surface area contributed by atoms with E-state index in [-0.39, 0.29) is 18.9 Å². The summed E-state index contributed by atoms with van der Waals surface area (Å²) in [6.07, 6.45) is 1.41. The number of carboxylic acids is 1. The summed E-state index contributed by atoms with van der Waals surface area (Å²) >= 11 is 1.54. The summed E-state index contributed by atoms with van der Waals surface area (Å²) < 4.78 is 0. The second-order valence-electron chi connectivity index (χ2n) is 5.65. The number of hydrogen-bond acceptors (Lipinski definition) is 4. The first-order chi connectivity index (χ1) is 11.5. The number of carbonyl (C=O) groups is 2. The molecular formula is C18H22N2O3S. The molecule has 0 radical (unpaired) electrons. The van der Waals surface area contributed by atoms with E-state index in [9.17, 15) is 14.7 Å². The van der Waals surface area contributed by atoms with Gasteiger partial charge < -0.3 is 10.4 Å². The van der Waals surface area contributed by atoms with Crippen LogP contribution < -0.4 is 5.32 Å². The van der Waals surface area contributed by atoms with Crippen molar-refractivity contribution < 1.29 is 14.7 Å². The molecule has 0 aliphatic carbocycles. The van der Waals surface area contributed by atoms with Crippen LogP contribution in [0.15, 0.2) is 35.7 Å². The van der Waals surface area contributed by atoms with Crippen LogP contribution in [0.2, 0.25) is 0 Å². The lowest BCUT2D eigenvalue weighted by atomic mass is 9.78. The molecule has 1 amide bonds. The molecule has 0 aliphatic rings. The Labute approximate surface area is 145 Å². The zero-order valence-electron chi connectivity index (χ0n) is 13.9. The van der Waals surface area contributed by atoms with Crippen molar-refractivity contribution in [2.45, 2.75) is 38.5 Å². The van der Waals surface area contributed by atoms with Crippen molar-refractivity contribution in [3.8, 4) is 0 Å². The van der Waals surface area contributed by atoms with Crippen molar-refractivity contribution in [2.24, 2.45) is 0 Å². The largest absolute Gasteiger partial charge is 0.481 e. The first-order valence-electron chi connectivity index (χ1n) is 8.00. The highest BCUT2D eigenvalue weighted by atomic mass is 32.1. The number of nitrogens with zero attached hydrogens (tertiary/aromatic N) is 1. The van der Waals surface area contributed by atoms with Crippen LogP contribution >= 0.6 is 11.3 Å². The fourth-order valence-electron chi connectivity index (χ4n) is 2.61. The third-order valence-electron chi connectivity index (χ3n) is 4.17. The summed E-state index contributed by atoms with van der Waals surface area (Å²) in [7, 11) is 0. The smallest absolute Gasteiger partial charge is 0.315 e. The maximum absolute atomic E-state index is 12.2. The highest BCUT2D eigenvalue weighted by Gasteiger charge is 2.38. The molecule has 0 bridgehead atoms. The normalized spacial score (nSPS) is 13.2. The van der Waals surface area contributed by atoms with Crippen molar-refractivity contribution in [3.05, 3.63) is 52.0 Å². The van der Waals surface area contributed by atoms with E-state index in [1.165, 1.54) is 11.3 Å². The summed E-state index contributed by atoms with van der Waals surface area (Å²) in [6.45, 7) is 3.90. The minimum absolute atomic E-state index is 0.0620. The van der Waals surface area contributed by atoms with Gasteiger partial charge in [0.1, 0.15) is 5.41 Å². The van der Waals surface area contributed by atoms with E-state index < -0.39 is 11.4 Å². The molecule has 6 heteroatoms. The third kappa shape index (κ3) is 4.00. The van der Waals surface area contributed by atoms with E-state index in [0.29, 0.717) is 12.0 Å². The minimum Gasteiger partial charge on any atom is -0.481 e. The van der Waals surface area contributed by atoms with Gasteiger partial charge in [-0.3, -0.25) is 9.59 Å². The maximum atomic E-state index is 12.2. The SMILES string of the molecule is CCc1nc(CC(=O)NCC(CC)(C(=O)O)c2ccccc2)cs1. The fourth-order valence-corrected chi connectivity index (χ4v) is 3.35. The summed E-state index contributed by atoms with van der Waals surface area (Å²) in [5, 5.41) is 15.4. The quantitative estimate of drug-likeness (QED) is 0.770. The Balaban J connectivity index is 2.07. The number of thiazole rings is 1. The average molecular weight is 346 g/mol. The molecule has 5 nitrogen and oxygen atoms in total. The molecule has 0 spiro atoms. The molecule has 0 aliphatic heterocycles. The molecule has 2 N–H and O–H groups in total. The Kier molecular flexibility index (Phi) is 6.09. The van der Waals surface area contributed by atoms with E-state index in [1.54, 1.807) is 12.1 Å². The molecule has 2 rings (SSSR count). The van der Waals surface area contributed by atoms with Crippen molar-refractivity contribution in [1.82, 2.24) is 10.3 Å². The Morgan fingerprint density at radius 3 is 2.50 bits per heavy atom. The second-order valence-corrected chi connectivity index (χ2v) is 6.59. The Morgan fingerprint density at radius 1 is 1.25 bits per heavy atom. The Morgan fingerprint density at radius 2 is 1.96 bits per heavy atom. The molecule has 1 aromatic heterocycles. The Bertz CT molecular complexity index is 699. The number of aryl methyl sites for hydroxylation is 1. The zero-order chi connectivity index (χ0) is 17.6. The number of benzene rings is 1. The number of hydrogen-bond donors (Lipinski definition) is 2. The lowest BCUT2D eigenvalue weighted by molar-refractivity contribution is -0.144. The van der Waals surface area contributed by atoms with Crippen LogP contribution in [0, 0.1) is 0 Å².